The minimum Gasteiger partial charge on any atom is -0.496 e. The molecule has 1 saturated heterocycles. The lowest BCUT2D eigenvalue weighted by atomic mass is 9.47. The number of para-hydroxylation sites is 1. The van der Waals surface area contributed by atoms with Crippen LogP contribution in [0.3, 0.4) is 0 Å². The average molecular weight is 1080 g/mol. The summed E-state index contributed by atoms with van der Waals surface area (Å²) in [5.74, 6) is -8.39. The Kier molecular flexibility index (Phi) is 16.4. The van der Waals surface area contributed by atoms with Gasteiger partial charge >= 0.3 is 41.8 Å². The van der Waals surface area contributed by atoms with Gasteiger partial charge in [-0.3, -0.25) is 19.4 Å². The lowest BCUT2D eigenvalue weighted by Crippen LogP contribution is -2.81. The summed E-state index contributed by atoms with van der Waals surface area (Å²) in [4.78, 5) is 92.2. The number of fused-ring (bicyclic) bond motifs is 6. The number of aromatic nitrogens is 1. The summed E-state index contributed by atoms with van der Waals surface area (Å²) in [5.41, 5.74) is 1.05. The van der Waals surface area contributed by atoms with Crippen molar-refractivity contribution in [2.24, 2.45) is 11.3 Å². The molecule has 10 N–H and O–H groups in total. The molecule has 2 fully saturated rings. The number of nitrogens with zero attached hydrogens (tertiary/aromatic N) is 3. The number of anilines is 1. The normalized spacial score (nSPS) is 29.9. The van der Waals surface area contributed by atoms with Gasteiger partial charge in [0.1, 0.15) is 11.2 Å². The van der Waals surface area contributed by atoms with Gasteiger partial charge < -0.3 is 74.8 Å². The molecule has 1 saturated carbocycles. The number of benzene rings is 2. The fourth-order valence-electron chi connectivity index (χ4n) is 13.4. The van der Waals surface area contributed by atoms with Crippen LogP contribution in [-0.2, 0) is 65.1 Å². The van der Waals surface area contributed by atoms with E-state index in [1.165, 1.54) is 26.7 Å². The number of esters is 3. The van der Waals surface area contributed by atoms with Crippen molar-refractivity contribution >= 4 is 58.4 Å². The molecular weight excluding hydrogens is 1010 g/mol. The fraction of sp³-hybridized carbons (Fsp3) is 0.528. The largest absolute Gasteiger partial charge is 0.496 e. The van der Waals surface area contributed by atoms with Gasteiger partial charge in [-0.25, -0.2) is 24.0 Å². The Bertz CT molecular complexity index is 2830. The lowest BCUT2D eigenvalue weighted by Gasteiger charge is -2.63. The Labute approximate surface area is 441 Å². The maximum Gasteiger partial charge on any atom is 0.344 e. The van der Waals surface area contributed by atoms with Crippen molar-refractivity contribution in [1.29, 1.82) is 0 Å². The number of aliphatic carboxylic acids is 4. The number of hydrogen-bond acceptors (Lipinski definition) is 19. The highest BCUT2D eigenvalue weighted by molar-refractivity contribution is 5.95. The first kappa shape index (κ1) is 57.8. The van der Waals surface area contributed by atoms with E-state index in [9.17, 15) is 33.9 Å². The molecule has 6 unspecified atom stereocenters. The van der Waals surface area contributed by atoms with Crippen LogP contribution in [0.2, 0.25) is 0 Å². The van der Waals surface area contributed by atoms with Crippen LogP contribution < -0.4 is 9.64 Å². The number of carbonyl (C=O) groups excluding carboxylic acids is 3. The molecule has 9 rings (SSSR count). The quantitative estimate of drug-likeness (QED) is 0.0633. The van der Waals surface area contributed by atoms with E-state index in [1.54, 1.807) is 7.11 Å². The molecule has 77 heavy (non-hydrogen) atoms. The molecule has 0 amide bonds. The molecule has 24 heteroatoms. The molecule has 6 heterocycles. The zero-order valence-electron chi connectivity index (χ0n) is 43.5. The first-order chi connectivity index (χ1) is 36.3. The van der Waals surface area contributed by atoms with E-state index in [0.29, 0.717) is 50.2 Å². The summed E-state index contributed by atoms with van der Waals surface area (Å²) in [6, 6.07) is 11.2. The van der Waals surface area contributed by atoms with Gasteiger partial charge in [0, 0.05) is 90.9 Å². The fourth-order valence-corrected chi connectivity index (χ4v) is 13.4. The number of H-pyrrole nitrogens is 1. The second-order valence-electron chi connectivity index (χ2n) is 20.3. The zero-order valence-corrected chi connectivity index (χ0v) is 43.5. The van der Waals surface area contributed by atoms with Crippen LogP contribution in [0.5, 0.6) is 5.75 Å². The van der Waals surface area contributed by atoms with E-state index in [4.69, 9.17) is 59.8 Å². The lowest BCUT2D eigenvalue weighted by molar-refractivity contribution is -0.228. The number of rotatable bonds is 13. The number of hydrogen-bond donors (Lipinski definition) is 10. The number of carboxylic acids is 4. The summed E-state index contributed by atoms with van der Waals surface area (Å²) in [7, 11) is 6.22. The maximum absolute atomic E-state index is 15.2. The number of methoxy groups -OCH3 is 3. The summed E-state index contributed by atoms with van der Waals surface area (Å²) in [6.07, 6.45) is -1.39. The maximum atomic E-state index is 15.2. The molecule has 24 nitrogen and oxygen atoms in total. The molecule has 2 bridgehead atoms. The number of nitrogens with one attached hydrogen (secondary N) is 1. The van der Waals surface area contributed by atoms with Crippen LogP contribution in [0, 0.1) is 11.3 Å². The number of carboxylic acid groups (broad SMARTS) is 4. The van der Waals surface area contributed by atoms with Crippen molar-refractivity contribution in [3.05, 3.63) is 82.6 Å². The summed E-state index contributed by atoms with van der Waals surface area (Å²) in [6.45, 7) is 9.19. The SMILES string of the molecule is CCC1=CC2CN(C1)Cc1c([nH]c3ccccc13)[C@@](C(=O)OC)(c1cc3c(cc1OC)N(C)[C@H]1[C@@](O)(C(=O)OC)[C@H](OC(C)=O)[C@]4(CC)C=CCN5CC[C@]31[C@@H]54)C2.O=C(O)C(O)C(O)C(=O)O.O=C(O)C(O)C(O)C(=O)O. The van der Waals surface area contributed by atoms with Crippen LogP contribution in [0.4, 0.5) is 5.69 Å². The molecule has 5 aliphatic heterocycles. The van der Waals surface area contributed by atoms with Crippen molar-refractivity contribution < 1.29 is 98.5 Å². The molecule has 13 atom stereocenters. The van der Waals surface area contributed by atoms with Crippen LogP contribution >= 0.6 is 0 Å². The number of carbonyl (C=O) groups is 7. The summed E-state index contributed by atoms with van der Waals surface area (Å²) >= 11 is 0. The minimum absolute atomic E-state index is 0.0284. The van der Waals surface area contributed by atoms with Gasteiger partial charge in [-0.15, -0.1) is 0 Å². The average Bonchev–Trinajstić information content (AvgIpc) is 4.06. The van der Waals surface area contributed by atoms with Gasteiger partial charge in [-0.05, 0) is 61.4 Å². The van der Waals surface area contributed by atoms with E-state index in [-0.39, 0.29) is 17.9 Å². The van der Waals surface area contributed by atoms with E-state index >= 15 is 4.79 Å². The Balaban J connectivity index is 0.000000365. The molecule has 418 valence electrons. The van der Waals surface area contributed by atoms with E-state index in [2.05, 4.69) is 58.1 Å². The summed E-state index contributed by atoms with van der Waals surface area (Å²) < 4.78 is 23.9. The van der Waals surface area contributed by atoms with Crippen molar-refractivity contribution in [2.75, 3.05) is 59.5 Å². The Morgan fingerprint density at radius 1 is 0.805 bits per heavy atom. The predicted octanol–water partition coefficient (Wildman–Crippen LogP) is 0.508. The van der Waals surface area contributed by atoms with Crippen LogP contribution in [0.15, 0.2) is 60.2 Å². The molecule has 2 aromatic carbocycles. The van der Waals surface area contributed by atoms with Crippen molar-refractivity contribution in [2.45, 2.75) is 112 Å². The highest BCUT2D eigenvalue weighted by Gasteiger charge is 2.80. The second-order valence-corrected chi connectivity index (χ2v) is 20.3. The molecule has 3 aromatic rings. The monoisotopic (exact) mass is 1080 g/mol. The van der Waals surface area contributed by atoms with Gasteiger partial charge in [0.15, 0.2) is 30.5 Å². The first-order valence-electron chi connectivity index (χ1n) is 24.9. The van der Waals surface area contributed by atoms with Gasteiger partial charge in [-0.1, -0.05) is 55.8 Å². The predicted molar refractivity (Wildman–Crippen MR) is 269 cm³/mol. The highest BCUT2D eigenvalue weighted by atomic mass is 16.6. The molecule has 0 radical (unpaired) electrons. The molecular formula is C53H66N4O20. The van der Waals surface area contributed by atoms with E-state index in [0.717, 1.165) is 52.9 Å². The van der Waals surface area contributed by atoms with Gasteiger partial charge in [0.05, 0.1) is 27.4 Å². The van der Waals surface area contributed by atoms with E-state index < -0.39 is 94.2 Å². The zero-order chi connectivity index (χ0) is 56.9. The highest BCUT2D eigenvalue weighted by Crippen LogP contribution is 2.68. The van der Waals surface area contributed by atoms with Gasteiger partial charge in [0.2, 0.25) is 5.60 Å². The van der Waals surface area contributed by atoms with Crippen molar-refractivity contribution in [3.8, 4) is 5.75 Å². The topological polar surface area (TPSA) is 364 Å². The Hall–Kier alpha value is -6.93. The summed E-state index contributed by atoms with van der Waals surface area (Å²) in [5, 5.41) is 79.4. The van der Waals surface area contributed by atoms with Gasteiger partial charge in [0.25, 0.3) is 0 Å². The number of ether oxygens (including phenoxy) is 4. The van der Waals surface area contributed by atoms with Crippen molar-refractivity contribution in [3.63, 3.8) is 0 Å². The molecule has 1 aliphatic carbocycles. The van der Waals surface area contributed by atoms with Crippen LogP contribution in [0.25, 0.3) is 10.9 Å². The molecule has 1 aromatic heterocycles. The van der Waals surface area contributed by atoms with Gasteiger partial charge in [-0.2, -0.15) is 0 Å². The number of aromatic amines is 1. The number of likely N-dealkylation sites (N-methyl/N-ethyl adjacent to an activating group) is 1. The van der Waals surface area contributed by atoms with Crippen LogP contribution in [-0.4, -0.2) is 205 Å². The third-order valence-electron chi connectivity index (χ3n) is 16.4. The molecule has 1 spiro atoms. The number of aliphatic hydroxyl groups excluding tert-OH is 4. The Morgan fingerprint density at radius 3 is 1.94 bits per heavy atom. The second kappa shape index (κ2) is 21.8. The smallest absolute Gasteiger partial charge is 0.344 e. The van der Waals surface area contributed by atoms with Crippen LogP contribution in [0.1, 0.15) is 68.8 Å². The van der Waals surface area contributed by atoms with Crippen molar-refractivity contribution in [1.82, 2.24) is 14.8 Å². The standard InChI is InChI=1S/C45H54N4O8.2C4H6O6/c1-8-27-19-28-22-44(40(51)55-6,36-30(25-48(23-27)24-28)29-13-10-11-14-33(29)46-36)32-20-31-34(21-35(32)54-5)47(4)38-43(31)16-18-49-17-12-15-42(9-2,37(43)49)39(57-26(3)50)45(38,53)41(52)56-7;2*5-1(3(7)8)2(6)4(9)10/h10-15,19-21,28,37-39,46,53H,8-9,16-18,22-25H2,1-7H3;2*1-2,5-6H,(H,7,8)(H,9,10)/t28?,37-,38+,39+,42+,43+,44-,45-;;/m0../s1. The van der Waals surface area contributed by atoms with E-state index in [1.807, 2.05) is 37.1 Å². The molecule has 6 aliphatic rings. The third-order valence-corrected chi connectivity index (χ3v) is 16.4. The first-order valence-corrected chi connectivity index (χ1v) is 24.9. The third kappa shape index (κ3) is 9.27. The minimum atomic E-state index is -2.27. The number of aliphatic hydroxyl groups is 5. The Morgan fingerprint density at radius 2 is 1.40 bits per heavy atom.